The second-order valence-electron chi connectivity index (χ2n) is 7.91. The van der Waals surface area contributed by atoms with Crippen LogP contribution in [0.25, 0.3) is 11.3 Å². The lowest BCUT2D eigenvalue weighted by Crippen LogP contribution is -2.34. The molecule has 0 aliphatic heterocycles. The Morgan fingerprint density at radius 1 is 0.943 bits per heavy atom. The fourth-order valence-electron chi connectivity index (χ4n) is 3.59. The van der Waals surface area contributed by atoms with Crippen LogP contribution in [0.1, 0.15) is 18.1 Å². The van der Waals surface area contributed by atoms with Crippen LogP contribution in [0, 0.1) is 0 Å². The van der Waals surface area contributed by atoms with Gasteiger partial charge in [0, 0.05) is 18.1 Å². The molecule has 178 valence electrons. The second kappa shape index (κ2) is 11.7. The van der Waals surface area contributed by atoms with Gasteiger partial charge in [-0.05, 0) is 54.4 Å². The number of aromatic hydroxyl groups is 1. The Bertz CT molecular complexity index is 1250. The fraction of sp³-hybridized carbons (Fsp3) is 0.179. The molecule has 0 aliphatic rings. The lowest BCUT2D eigenvalue weighted by Gasteiger charge is -2.18. The van der Waals surface area contributed by atoms with Crippen molar-refractivity contribution in [2.45, 2.75) is 26.0 Å². The summed E-state index contributed by atoms with van der Waals surface area (Å²) < 4.78 is 11.1. The average Bonchev–Trinajstić information content (AvgIpc) is 2.88. The minimum Gasteiger partial charge on any atom is -0.508 e. The number of hydrogen-bond donors (Lipinski definition) is 2. The van der Waals surface area contributed by atoms with Crippen molar-refractivity contribution in [3.63, 3.8) is 0 Å². The summed E-state index contributed by atoms with van der Waals surface area (Å²) in [5.74, 6) is 1.01. The third-order valence-electron chi connectivity index (χ3n) is 5.31. The highest BCUT2D eigenvalue weighted by Crippen LogP contribution is 2.23. The number of ether oxygens (including phenoxy) is 2. The highest BCUT2D eigenvalue weighted by Gasteiger charge is 2.21. The number of phenols is 1. The standard InChI is InChI=1S/C28H27N3O4/c1-2-34-28(33)26(16-21-9-6-10-23(32)15-21)31-27-17-25(29-19-30-27)22-11-13-24(14-12-22)35-18-20-7-4-3-5-8-20/h3-15,17,19,26,32H,2,16,18H2,1H3,(H,29,30,31)/t26-/m0/s1. The number of aromatic nitrogens is 2. The van der Waals surface area contributed by atoms with Crippen molar-refractivity contribution in [1.82, 2.24) is 9.97 Å². The van der Waals surface area contributed by atoms with Crippen LogP contribution in [0.4, 0.5) is 5.82 Å². The van der Waals surface area contributed by atoms with Crippen LogP contribution < -0.4 is 10.1 Å². The number of carbonyl (C=O) groups excluding carboxylic acids is 1. The zero-order valence-corrected chi connectivity index (χ0v) is 19.4. The molecular weight excluding hydrogens is 442 g/mol. The SMILES string of the molecule is CCOC(=O)[C@H](Cc1cccc(O)c1)Nc1cc(-c2ccc(OCc3ccccc3)cc2)ncn1. The summed E-state index contributed by atoms with van der Waals surface area (Å²) in [6.45, 7) is 2.53. The molecule has 4 aromatic rings. The van der Waals surface area contributed by atoms with Crippen molar-refractivity contribution < 1.29 is 19.4 Å². The molecule has 0 saturated carbocycles. The minimum atomic E-state index is -0.673. The summed E-state index contributed by atoms with van der Waals surface area (Å²) in [5.41, 5.74) is 3.50. The van der Waals surface area contributed by atoms with E-state index in [2.05, 4.69) is 15.3 Å². The van der Waals surface area contributed by atoms with Crippen LogP contribution in [0.5, 0.6) is 11.5 Å². The van der Waals surface area contributed by atoms with E-state index in [9.17, 15) is 9.90 Å². The quantitative estimate of drug-likeness (QED) is 0.315. The highest BCUT2D eigenvalue weighted by atomic mass is 16.5. The van der Waals surface area contributed by atoms with Gasteiger partial charge in [-0.3, -0.25) is 0 Å². The van der Waals surface area contributed by atoms with Crippen molar-refractivity contribution in [3.8, 4) is 22.8 Å². The first-order chi connectivity index (χ1) is 17.1. The van der Waals surface area contributed by atoms with Gasteiger partial charge in [-0.25, -0.2) is 14.8 Å². The van der Waals surface area contributed by atoms with E-state index < -0.39 is 12.0 Å². The Morgan fingerprint density at radius 2 is 1.71 bits per heavy atom. The van der Waals surface area contributed by atoms with Gasteiger partial charge in [0.2, 0.25) is 0 Å². The molecule has 0 radical (unpaired) electrons. The topological polar surface area (TPSA) is 93.6 Å². The molecule has 0 unspecified atom stereocenters. The lowest BCUT2D eigenvalue weighted by molar-refractivity contribution is -0.144. The molecule has 0 spiro atoms. The van der Waals surface area contributed by atoms with Crippen LogP contribution in [-0.4, -0.2) is 33.7 Å². The second-order valence-corrected chi connectivity index (χ2v) is 7.91. The van der Waals surface area contributed by atoms with E-state index in [4.69, 9.17) is 9.47 Å². The van der Waals surface area contributed by atoms with E-state index in [1.807, 2.05) is 60.7 Å². The van der Waals surface area contributed by atoms with E-state index >= 15 is 0 Å². The van der Waals surface area contributed by atoms with E-state index in [0.717, 1.165) is 22.4 Å². The number of esters is 1. The Labute approximate surface area is 204 Å². The van der Waals surface area contributed by atoms with E-state index in [-0.39, 0.29) is 12.4 Å². The normalized spacial score (nSPS) is 11.5. The largest absolute Gasteiger partial charge is 0.508 e. The zero-order chi connectivity index (χ0) is 24.5. The summed E-state index contributed by atoms with van der Waals surface area (Å²) in [6, 6.07) is 25.6. The summed E-state index contributed by atoms with van der Waals surface area (Å²) in [4.78, 5) is 21.2. The molecule has 7 heteroatoms. The molecule has 2 N–H and O–H groups in total. The van der Waals surface area contributed by atoms with Gasteiger partial charge in [0.25, 0.3) is 0 Å². The molecule has 35 heavy (non-hydrogen) atoms. The number of phenolic OH excluding ortho intramolecular Hbond substituents is 1. The number of rotatable bonds is 10. The number of anilines is 1. The number of benzene rings is 3. The highest BCUT2D eigenvalue weighted by molar-refractivity contribution is 5.79. The molecule has 0 fully saturated rings. The van der Waals surface area contributed by atoms with Crippen molar-refractivity contribution >= 4 is 11.8 Å². The number of carbonyl (C=O) groups is 1. The fourth-order valence-corrected chi connectivity index (χ4v) is 3.59. The van der Waals surface area contributed by atoms with Crippen LogP contribution in [-0.2, 0) is 22.6 Å². The number of nitrogens with one attached hydrogen (secondary N) is 1. The van der Waals surface area contributed by atoms with Gasteiger partial charge < -0.3 is 19.9 Å². The molecule has 3 aromatic carbocycles. The first kappa shape index (κ1) is 23.8. The minimum absolute atomic E-state index is 0.144. The monoisotopic (exact) mass is 469 g/mol. The van der Waals surface area contributed by atoms with E-state index in [1.165, 1.54) is 6.33 Å². The van der Waals surface area contributed by atoms with Gasteiger partial charge in [-0.1, -0.05) is 42.5 Å². The number of hydrogen-bond acceptors (Lipinski definition) is 7. The average molecular weight is 470 g/mol. The molecule has 1 aromatic heterocycles. The molecule has 0 saturated heterocycles. The van der Waals surface area contributed by atoms with Crippen LogP contribution in [0.3, 0.4) is 0 Å². The van der Waals surface area contributed by atoms with Gasteiger partial charge in [-0.2, -0.15) is 0 Å². The third-order valence-corrected chi connectivity index (χ3v) is 5.31. The maximum Gasteiger partial charge on any atom is 0.328 e. The van der Waals surface area contributed by atoms with Gasteiger partial charge >= 0.3 is 5.97 Å². The van der Waals surface area contributed by atoms with Gasteiger partial charge in [0.05, 0.1) is 12.3 Å². The smallest absolute Gasteiger partial charge is 0.328 e. The Kier molecular flexibility index (Phi) is 7.91. The predicted molar refractivity (Wildman–Crippen MR) is 134 cm³/mol. The first-order valence-electron chi connectivity index (χ1n) is 11.4. The Balaban J connectivity index is 1.46. The van der Waals surface area contributed by atoms with Crippen LogP contribution >= 0.6 is 0 Å². The van der Waals surface area contributed by atoms with E-state index in [0.29, 0.717) is 24.5 Å². The Morgan fingerprint density at radius 3 is 2.46 bits per heavy atom. The number of nitrogens with zero attached hydrogens (tertiary/aromatic N) is 2. The molecule has 0 amide bonds. The molecular formula is C28H27N3O4. The van der Waals surface area contributed by atoms with E-state index in [1.54, 1.807) is 31.2 Å². The van der Waals surface area contributed by atoms with Gasteiger partial charge in [-0.15, -0.1) is 0 Å². The van der Waals surface area contributed by atoms with Gasteiger partial charge in [0.15, 0.2) is 0 Å². The molecule has 0 bridgehead atoms. The summed E-state index contributed by atoms with van der Waals surface area (Å²) in [6.07, 6.45) is 1.79. The molecule has 1 heterocycles. The maximum absolute atomic E-state index is 12.6. The molecule has 1 atom stereocenters. The predicted octanol–water partition coefficient (Wildman–Crippen LogP) is 5.01. The van der Waals surface area contributed by atoms with Crippen molar-refractivity contribution in [2.75, 3.05) is 11.9 Å². The maximum atomic E-state index is 12.6. The van der Waals surface area contributed by atoms with Crippen LogP contribution in [0.2, 0.25) is 0 Å². The lowest BCUT2D eigenvalue weighted by atomic mass is 10.1. The Hall–Kier alpha value is -4.39. The molecule has 0 aliphatic carbocycles. The van der Waals surface area contributed by atoms with Gasteiger partial charge in [0.1, 0.15) is 36.3 Å². The summed E-state index contributed by atoms with van der Waals surface area (Å²) in [5, 5.41) is 12.9. The van der Waals surface area contributed by atoms with Crippen molar-refractivity contribution in [1.29, 1.82) is 0 Å². The molecule has 4 rings (SSSR count). The summed E-state index contributed by atoms with van der Waals surface area (Å²) in [7, 11) is 0. The summed E-state index contributed by atoms with van der Waals surface area (Å²) >= 11 is 0. The first-order valence-corrected chi connectivity index (χ1v) is 11.4. The van der Waals surface area contributed by atoms with Crippen molar-refractivity contribution in [3.05, 3.63) is 102 Å². The third kappa shape index (κ3) is 6.80. The van der Waals surface area contributed by atoms with Crippen LogP contribution in [0.15, 0.2) is 91.3 Å². The molecule has 7 nitrogen and oxygen atoms in total. The van der Waals surface area contributed by atoms with Crippen molar-refractivity contribution in [2.24, 2.45) is 0 Å². The zero-order valence-electron chi connectivity index (χ0n) is 19.4.